The molecule has 0 aromatic rings. The second kappa shape index (κ2) is 4.31. The summed E-state index contributed by atoms with van der Waals surface area (Å²) in [4.78, 5) is 24.5. The summed E-state index contributed by atoms with van der Waals surface area (Å²) < 4.78 is 0. The van der Waals surface area contributed by atoms with Crippen molar-refractivity contribution >= 4 is 11.8 Å². The summed E-state index contributed by atoms with van der Waals surface area (Å²) >= 11 is 0. The van der Waals surface area contributed by atoms with Gasteiger partial charge in [0.2, 0.25) is 0 Å². The highest BCUT2D eigenvalue weighted by Crippen LogP contribution is 2.32. The summed E-state index contributed by atoms with van der Waals surface area (Å²) in [6, 6.07) is 0.274. The zero-order chi connectivity index (χ0) is 11.6. The molecule has 1 saturated heterocycles. The van der Waals surface area contributed by atoms with Crippen LogP contribution in [0.1, 0.15) is 33.1 Å². The highest BCUT2D eigenvalue weighted by Gasteiger charge is 2.40. The quantitative estimate of drug-likeness (QED) is 0.764. The average Bonchev–Trinajstić information content (AvgIpc) is 2.12. The Morgan fingerprint density at radius 1 is 1.67 bits per heavy atom. The standard InChI is InChI=1S/C11H19NO3/c1-8-6-9(13)11(2,7-12(8)3)5-4-10(14)15/h8H,4-7H2,1-3H3,(H,14,15)/t8-,11+/m0/s1. The summed E-state index contributed by atoms with van der Waals surface area (Å²) in [5.41, 5.74) is -0.473. The third-order valence-corrected chi connectivity index (χ3v) is 3.40. The highest BCUT2D eigenvalue weighted by atomic mass is 16.4. The van der Waals surface area contributed by atoms with Crippen LogP contribution in [0, 0.1) is 5.41 Å². The van der Waals surface area contributed by atoms with Crippen LogP contribution in [0.25, 0.3) is 0 Å². The summed E-state index contributed by atoms with van der Waals surface area (Å²) in [5.74, 6) is -0.625. The predicted molar refractivity (Wildman–Crippen MR) is 56.7 cm³/mol. The topological polar surface area (TPSA) is 57.6 Å². The van der Waals surface area contributed by atoms with Gasteiger partial charge in [-0.1, -0.05) is 6.92 Å². The number of nitrogens with zero attached hydrogens (tertiary/aromatic N) is 1. The molecule has 15 heavy (non-hydrogen) atoms. The first kappa shape index (κ1) is 12.2. The molecular weight excluding hydrogens is 194 g/mol. The van der Waals surface area contributed by atoms with E-state index in [0.29, 0.717) is 19.4 Å². The maximum Gasteiger partial charge on any atom is 0.303 e. The molecule has 1 N–H and O–H groups in total. The van der Waals surface area contributed by atoms with E-state index in [1.807, 2.05) is 20.9 Å². The molecule has 1 aliphatic heterocycles. The average molecular weight is 213 g/mol. The van der Waals surface area contributed by atoms with Crippen LogP contribution in [0.15, 0.2) is 0 Å². The van der Waals surface area contributed by atoms with Crippen LogP contribution in [0.5, 0.6) is 0 Å². The molecular formula is C11H19NO3. The van der Waals surface area contributed by atoms with E-state index < -0.39 is 11.4 Å². The first-order valence-corrected chi connectivity index (χ1v) is 5.30. The van der Waals surface area contributed by atoms with Gasteiger partial charge in [-0.05, 0) is 20.4 Å². The molecule has 0 bridgehead atoms. The zero-order valence-electron chi connectivity index (χ0n) is 9.62. The molecule has 1 rings (SSSR count). The minimum Gasteiger partial charge on any atom is -0.481 e. The van der Waals surface area contributed by atoms with Gasteiger partial charge in [-0.15, -0.1) is 0 Å². The first-order chi connectivity index (χ1) is 6.85. The van der Waals surface area contributed by atoms with Crippen LogP contribution in [0.2, 0.25) is 0 Å². The monoisotopic (exact) mass is 213 g/mol. The number of hydrogen-bond donors (Lipinski definition) is 1. The van der Waals surface area contributed by atoms with Crippen molar-refractivity contribution in [3.05, 3.63) is 0 Å². The minimum absolute atomic E-state index is 0.0739. The largest absolute Gasteiger partial charge is 0.481 e. The Labute approximate surface area is 90.3 Å². The molecule has 0 aromatic heterocycles. The lowest BCUT2D eigenvalue weighted by molar-refractivity contribution is -0.140. The molecule has 0 aliphatic carbocycles. The Morgan fingerprint density at radius 2 is 2.27 bits per heavy atom. The maximum atomic E-state index is 11.9. The van der Waals surface area contributed by atoms with Crippen LogP contribution < -0.4 is 0 Å². The maximum absolute atomic E-state index is 11.9. The van der Waals surface area contributed by atoms with Gasteiger partial charge in [-0.2, -0.15) is 0 Å². The number of Topliss-reactive ketones (excluding diaryl/α,β-unsaturated/α-hetero) is 1. The van der Waals surface area contributed by atoms with Crippen LogP contribution in [-0.4, -0.2) is 41.4 Å². The normalized spacial score (nSPS) is 33.0. The molecule has 0 unspecified atom stereocenters. The van der Waals surface area contributed by atoms with E-state index in [1.54, 1.807) is 0 Å². The number of carboxylic acids is 1. The summed E-state index contributed by atoms with van der Waals surface area (Å²) in [7, 11) is 1.98. The van der Waals surface area contributed by atoms with Crippen LogP contribution in [0.4, 0.5) is 0 Å². The molecule has 0 aromatic carbocycles. The van der Waals surface area contributed by atoms with Gasteiger partial charge in [0, 0.05) is 30.8 Å². The van der Waals surface area contributed by atoms with E-state index >= 15 is 0 Å². The first-order valence-electron chi connectivity index (χ1n) is 5.30. The van der Waals surface area contributed by atoms with Gasteiger partial charge in [0.25, 0.3) is 0 Å². The summed E-state index contributed by atoms with van der Waals surface area (Å²) in [5, 5.41) is 8.64. The number of hydrogen-bond acceptors (Lipinski definition) is 3. The summed E-state index contributed by atoms with van der Waals surface area (Å²) in [6.45, 7) is 4.57. The van der Waals surface area contributed by atoms with E-state index in [1.165, 1.54) is 0 Å². The Hall–Kier alpha value is -0.900. The molecule has 0 spiro atoms. The van der Waals surface area contributed by atoms with Gasteiger partial charge >= 0.3 is 5.97 Å². The number of carbonyl (C=O) groups excluding carboxylic acids is 1. The van der Waals surface area contributed by atoms with Crippen molar-refractivity contribution in [3.63, 3.8) is 0 Å². The van der Waals surface area contributed by atoms with E-state index in [4.69, 9.17) is 5.11 Å². The van der Waals surface area contributed by atoms with Crippen molar-refractivity contribution in [1.82, 2.24) is 4.90 Å². The fourth-order valence-electron chi connectivity index (χ4n) is 2.07. The Morgan fingerprint density at radius 3 is 2.80 bits per heavy atom. The van der Waals surface area contributed by atoms with Gasteiger partial charge in [0.05, 0.1) is 0 Å². The number of carbonyl (C=O) groups is 2. The second-order valence-corrected chi connectivity index (χ2v) is 4.85. The highest BCUT2D eigenvalue weighted by molar-refractivity contribution is 5.86. The summed E-state index contributed by atoms with van der Waals surface area (Å²) in [6.07, 6.45) is 1.05. The molecule has 2 atom stereocenters. The number of carboxylic acid groups (broad SMARTS) is 1. The van der Waals surface area contributed by atoms with Crippen LogP contribution in [-0.2, 0) is 9.59 Å². The van der Waals surface area contributed by atoms with E-state index in [9.17, 15) is 9.59 Å². The molecule has 86 valence electrons. The molecule has 4 heteroatoms. The Kier molecular flexibility index (Phi) is 3.50. The van der Waals surface area contributed by atoms with E-state index in [2.05, 4.69) is 4.90 Å². The van der Waals surface area contributed by atoms with Crippen molar-refractivity contribution in [2.24, 2.45) is 5.41 Å². The third-order valence-electron chi connectivity index (χ3n) is 3.40. The fourth-order valence-corrected chi connectivity index (χ4v) is 2.07. The Balaban J connectivity index is 2.66. The SMILES string of the molecule is C[C@H]1CC(=O)[C@](C)(CCC(=O)O)CN1C. The van der Waals surface area contributed by atoms with Crippen molar-refractivity contribution < 1.29 is 14.7 Å². The van der Waals surface area contributed by atoms with Crippen LogP contribution in [0.3, 0.4) is 0 Å². The van der Waals surface area contributed by atoms with Gasteiger partial charge in [-0.3, -0.25) is 9.59 Å². The molecule has 4 nitrogen and oxygen atoms in total. The van der Waals surface area contributed by atoms with Crippen molar-refractivity contribution in [2.45, 2.75) is 39.2 Å². The number of ketones is 1. The smallest absolute Gasteiger partial charge is 0.303 e. The molecule has 1 aliphatic rings. The number of piperidine rings is 1. The molecule has 1 fully saturated rings. The van der Waals surface area contributed by atoms with Gasteiger partial charge in [-0.25, -0.2) is 0 Å². The molecule has 0 amide bonds. The number of aliphatic carboxylic acids is 1. The molecule has 0 saturated carbocycles. The fraction of sp³-hybridized carbons (Fsp3) is 0.818. The van der Waals surface area contributed by atoms with Gasteiger partial charge < -0.3 is 10.0 Å². The lowest BCUT2D eigenvalue weighted by Crippen LogP contribution is -2.50. The van der Waals surface area contributed by atoms with Gasteiger partial charge in [0.15, 0.2) is 0 Å². The third kappa shape index (κ3) is 2.78. The minimum atomic E-state index is -0.828. The van der Waals surface area contributed by atoms with Crippen molar-refractivity contribution in [3.8, 4) is 0 Å². The zero-order valence-corrected chi connectivity index (χ0v) is 9.62. The predicted octanol–water partition coefficient (Wildman–Crippen LogP) is 1.15. The number of rotatable bonds is 3. The molecule has 1 heterocycles. The van der Waals surface area contributed by atoms with Crippen LogP contribution >= 0.6 is 0 Å². The van der Waals surface area contributed by atoms with E-state index in [-0.39, 0.29) is 18.2 Å². The van der Waals surface area contributed by atoms with Crippen molar-refractivity contribution in [1.29, 1.82) is 0 Å². The lowest BCUT2D eigenvalue weighted by Gasteiger charge is -2.41. The second-order valence-electron chi connectivity index (χ2n) is 4.85. The van der Waals surface area contributed by atoms with Gasteiger partial charge in [0.1, 0.15) is 5.78 Å². The Bertz CT molecular complexity index is 277. The van der Waals surface area contributed by atoms with Crippen molar-refractivity contribution in [2.75, 3.05) is 13.6 Å². The lowest BCUT2D eigenvalue weighted by atomic mass is 9.75. The molecule has 0 radical (unpaired) electrons. The van der Waals surface area contributed by atoms with E-state index in [0.717, 1.165) is 0 Å². The number of likely N-dealkylation sites (tertiary alicyclic amines) is 1.